The fourth-order valence-electron chi connectivity index (χ4n) is 3.10. The quantitative estimate of drug-likeness (QED) is 0.449. The fraction of sp³-hybridized carbons (Fsp3) is 0.0870. The van der Waals surface area contributed by atoms with E-state index in [0.29, 0.717) is 12.0 Å². The zero-order valence-electron chi connectivity index (χ0n) is 13.6. The average molecular weight is 312 g/mol. The Morgan fingerprint density at radius 3 is 1.83 bits per heavy atom. The summed E-state index contributed by atoms with van der Waals surface area (Å²) in [5.41, 5.74) is 2.02. The molecule has 3 aromatic rings. The molecule has 0 aliphatic carbocycles. The van der Waals surface area contributed by atoms with Crippen molar-refractivity contribution in [2.24, 2.45) is 0 Å². The van der Waals surface area contributed by atoms with Crippen LogP contribution in [0.3, 0.4) is 0 Å². The third kappa shape index (κ3) is 3.07. The first-order chi connectivity index (χ1) is 11.8. The molecule has 0 spiro atoms. The highest BCUT2D eigenvalue weighted by Crippen LogP contribution is 2.33. The van der Waals surface area contributed by atoms with E-state index in [1.165, 1.54) is 0 Å². The molecule has 24 heavy (non-hydrogen) atoms. The van der Waals surface area contributed by atoms with Crippen LogP contribution in [0.2, 0.25) is 0 Å². The molecule has 0 N–H and O–H groups in total. The van der Waals surface area contributed by atoms with Gasteiger partial charge in [0.25, 0.3) is 0 Å². The lowest BCUT2D eigenvalue weighted by Crippen LogP contribution is -2.36. The van der Waals surface area contributed by atoms with Gasteiger partial charge in [0.15, 0.2) is 5.78 Å². The first-order valence-electron chi connectivity index (χ1n) is 8.09. The van der Waals surface area contributed by atoms with Crippen LogP contribution < -0.4 is 0 Å². The van der Waals surface area contributed by atoms with Crippen LogP contribution in [-0.2, 0) is 11.8 Å². The Hall–Kier alpha value is -2.93. The van der Waals surface area contributed by atoms with E-state index in [2.05, 4.69) is 18.7 Å². The molecule has 0 radical (unpaired) electrons. The molecule has 0 bridgehead atoms. The summed E-state index contributed by atoms with van der Waals surface area (Å²) in [6, 6.07) is 29.5. The molecular formula is C23H20O. The van der Waals surface area contributed by atoms with Crippen LogP contribution in [0.1, 0.15) is 21.5 Å². The van der Waals surface area contributed by atoms with E-state index in [1.54, 1.807) is 6.08 Å². The maximum atomic E-state index is 13.4. The van der Waals surface area contributed by atoms with Gasteiger partial charge in [0.2, 0.25) is 0 Å². The van der Waals surface area contributed by atoms with Gasteiger partial charge in [-0.2, -0.15) is 0 Å². The predicted octanol–water partition coefficient (Wildman–Crippen LogP) is 5.24. The monoisotopic (exact) mass is 312 g/mol. The Morgan fingerprint density at radius 2 is 1.29 bits per heavy atom. The molecule has 3 aromatic carbocycles. The fourth-order valence-corrected chi connectivity index (χ4v) is 3.10. The van der Waals surface area contributed by atoms with Crippen LogP contribution >= 0.6 is 0 Å². The first kappa shape index (κ1) is 15.9. The Balaban J connectivity index is 2.12. The summed E-state index contributed by atoms with van der Waals surface area (Å²) in [7, 11) is 0. The van der Waals surface area contributed by atoms with Gasteiger partial charge in [-0.05, 0) is 17.5 Å². The minimum absolute atomic E-state index is 0.0770. The summed E-state index contributed by atoms with van der Waals surface area (Å²) in [4.78, 5) is 13.4. The number of Topliss-reactive ketones (excluding diaryl/α,β-unsaturated/α-hetero) is 1. The standard InChI is InChI=1S/C23H20O/c1-2-23(21-16-10-5-11-17-21,18-19-12-6-3-7-13-19)22(24)20-14-8-4-9-15-20/h2-17H,1,18H2/t23-/m0/s1. The molecule has 1 heteroatoms. The van der Waals surface area contributed by atoms with Gasteiger partial charge in [-0.3, -0.25) is 4.79 Å². The molecule has 118 valence electrons. The molecule has 0 saturated carbocycles. The smallest absolute Gasteiger partial charge is 0.177 e. The Morgan fingerprint density at radius 1 is 0.792 bits per heavy atom. The van der Waals surface area contributed by atoms with E-state index in [-0.39, 0.29) is 5.78 Å². The van der Waals surface area contributed by atoms with E-state index in [4.69, 9.17) is 0 Å². The Kier molecular flexibility index (Phi) is 4.72. The van der Waals surface area contributed by atoms with Crippen LogP contribution in [0.25, 0.3) is 0 Å². The summed E-state index contributed by atoms with van der Waals surface area (Å²) in [6.07, 6.45) is 2.39. The minimum atomic E-state index is -0.774. The van der Waals surface area contributed by atoms with Crippen molar-refractivity contribution in [3.8, 4) is 0 Å². The largest absolute Gasteiger partial charge is 0.293 e. The third-order valence-electron chi connectivity index (χ3n) is 4.40. The van der Waals surface area contributed by atoms with Crippen LogP contribution in [0.5, 0.6) is 0 Å². The Labute approximate surface area is 143 Å². The lowest BCUT2D eigenvalue weighted by molar-refractivity contribution is 0.0916. The van der Waals surface area contributed by atoms with Crippen molar-refractivity contribution in [2.75, 3.05) is 0 Å². The predicted molar refractivity (Wildman–Crippen MR) is 99.2 cm³/mol. The van der Waals surface area contributed by atoms with Crippen LogP contribution in [-0.4, -0.2) is 5.78 Å². The summed E-state index contributed by atoms with van der Waals surface area (Å²) in [5, 5.41) is 0. The van der Waals surface area contributed by atoms with E-state index < -0.39 is 5.41 Å². The van der Waals surface area contributed by atoms with Crippen molar-refractivity contribution < 1.29 is 4.79 Å². The zero-order chi connectivity index (χ0) is 16.8. The van der Waals surface area contributed by atoms with Gasteiger partial charge in [0.05, 0.1) is 5.41 Å². The van der Waals surface area contributed by atoms with E-state index in [0.717, 1.165) is 11.1 Å². The van der Waals surface area contributed by atoms with Gasteiger partial charge in [0.1, 0.15) is 0 Å². The summed E-state index contributed by atoms with van der Waals surface area (Å²) in [6.45, 7) is 4.03. The van der Waals surface area contributed by atoms with Gasteiger partial charge >= 0.3 is 0 Å². The second kappa shape index (κ2) is 7.10. The molecule has 0 amide bonds. The second-order valence-corrected chi connectivity index (χ2v) is 5.90. The molecule has 0 aliphatic rings. The normalized spacial score (nSPS) is 13.0. The average Bonchev–Trinajstić information content (AvgIpc) is 2.68. The van der Waals surface area contributed by atoms with Crippen molar-refractivity contribution in [3.63, 3.8) is 0 Å². The van der Waals surface area contributed by atoms with Crippen molar-refractivity contribution in [2.45, 2.75) is 11.8 Å². The van der Waals surface area contributed by atoms with Crippen LogP contribution in [0.4, 0.5) is 0 Å². The number of carbonyl (C=O) groups excluding carboxylic acids is 1. The SMILES string of the molecule is C=C[C@@](Cc1ccccc1)(C(=O)c1ccccc1)c1ccccc1. The highest BCUT2D eigenvalue weighted by Gasteiger charge is 2.37. The second-order valence-electron chi connectivity index (χ2n) is 5.90. The van der Waals surface area contributed by atoms with Gasteiger partial charge in [-0.1, -0.05) is 97.1 Å². The number of rotatable bonds is 6. The molecular weight excluding hydrogens is 292 g/mol. The van der Waals surface area contributed by atoms with Gasteiger partial charge in [-0.25, -0.2) is 0 Å². The summed E-state index contributed by atoms with van der Waals surface area (Å²) in [5.74, 6) is 0.0770. The Bertz CT molecular complexity index is 806. The topological polar surface area (TPSA) is 17.1 Å². The summed E-state index contributed by atoms with van der Waals surface area (Å²) >= 11 is 0. The molecule has 3 rings (SSSR count). The number of carbonyl (C=O) groups is 1. The lowest BCUT2D eigenvalue weighted by Gasteiger charge is -2.30. The number of hydrogen-bond donors (Lipinski definition) is 0. The van der Waals surface area contributed by atoms with Crippen molar-refractivity contribution >= 4 is 5.78 Å². The number of ketones is 1. The molecule has 0 saturated heterocycles. The maximum Gasteiger partial charge on any atom is 0.177 e. The van der Waals surface area contributed by atoms with Gasteiger partial charge < -0.3 is 0 Å². The molecule has 0 aliphatic heterocycles. The maximum absolute atomic E-state index is 13.4. The summed E-state index contributed by atoms with van der Waals surface area (Å²) < 4.78 is 0. The minimum Gasteiger partial charge on any atom is -0.293 e. The van der Waals surface area contributed by atoms with Crippen molar-refractivity contribution in [1.82, 2.24) is 0 Å². The van der Waals surface area contributed by atoms with Crippen molar-refractivity contribution in [1.29, 1.82) is 0 Å². The zero-order valence-corrected chi connectivity index (χ0v) is 13.6. The van der Waals surface area contributed by atoms with Crippen molar-refractivity contribution in [3.05, 3.63) is 120 Å². The van der Waals surface area contributed by atoms with Gasteiger partial charge in [0, 0.05) is 5.56 Å². The highest BCUT2D eigenvalue weighted by atomic mass is 16.1. The van der Waals surface area contributed by atoms with E-state index >= 15 is 0 Å². The number of benzene rings is 3. The van der Waals surface area contributed by atoms with E-state index in [9.17, 15) is 4.79 Å². The highest BCUT2D eigenvalue weighted by molar-refractivity contribution is 6.05. The number of allylic oxidation sites excluding steroid dienone is 1. The molecule has 1 atom stereocenters. The molecule has 0 unspecified atom stereocenters. The first-order valence-corrected chi connectivity index (χ1v) is 8.09. The third-order valence-corrected chi connectivity index (χ3v) is 4.40. The van der Waals surface area contributed by atoms with Crippen LogP contribution in [0.15, 0.2) is 104 Å². The van der Waals surface area contributed by atoms with Gasteiger partial charge in [-0.15, -0.1) is 6.58 Å². The number of hydrogen-bond acceptors (Lipinski definition) is 1. The van der Waals surface area contributed by atoms with E-state index in [1.807, 2.05) is 78.9 Å². The molecule has 0 aromatic heterocycles. The molecule has 0 heterocycles. The van der Waals surface area contributed by atoms with Crippen LogP contribution in [0, 0.1) is 0 Å². The lowest BCUT2D eigenvalue weighted by atomic mass is 9.70. The molecule has 0 fully saturated rings. The molecule has 1 nitrogen and oxygen atoms in total.